The third-order valence-corrected chi connectivity index (χ3v) is 5.74. The van der Waals surface area contributed by atoms with E-state index in [2.05, 4.69) is 52.0 Å². The molecule has 0 radical (unpaired) electrons. The molecule has 4 nitrogen and oxygen atoms in total. The predicted molar refractivity (Wildman–Crippen MR) is 132 cm³/mol. The van der Waals surface area contributed by atoms with Crippen LogP contribution in [0.25, 0.3) is 0 Å². The van der Waals surface area contributed by atoms with Crippen molar-refractivity contribution in [1.82, 2.24) is 0 Å². The minimum Gasteiger partial charge on any atom is -0.318 e. The van der Waals surface area contributed by atoms with Gasteiger partial charge in [0.1, 0.15) is 5.69 Å². The van der Waals surface area contributed by atoms with Gasteiger partial charge in [-0.2, -0.15) is 15.2 Å². The summed E-state index contributed by atoms with van der Waals surface area (Å²) in [4.78, 5) is 0. The van der Waals surface area contributed by atoms with E-state index in [1.165, 1.54) is 0 Å². The van der Waals surface area contributed by atoms with Crippen molar-refractivity contribution < 1.29 is 4.58 Å². The molecule has 0 amide bonds. The van der Waals surface area contributed by atoms with Crippen LogP contribution in [0, 0.1) is 23.7 Å². The van der Waals surface area contributed by atoms with Crippen molar-refractivity contribution in [3.8, 4) is 6.07 Å². The van der Waals surface area contributed by atoms with Gasteiger partial charge in [0, 0.05) is 0 Å². The second-order valence-electron chi connectivity index (χ2n) is 8.67. The number of aryl methyl sites for hydroxylation is 1. The second-order valence-corrected chi connectivity index (χ2v) is 8.67. The van der Waals surface area contributed by atoms with Crippen molar-refractivity contribution in [2.24, 2.45) is 5.73 Å². The highest BCUT2D eigenvalue weighted by Gasteiger charge is 2.27. The van der Waals surface area contributed by atoms with Crippen molar-refractivity contribution >= 4 is 17.4 Å². The van der Waals surface area contributed by atoms with Crippen molar-refractivity contribution in [3.63, 3.8) is 0 Å². The van der Waals surface area contributed by atoms with Gasteiger partial charge in [0.05, 0.1) is 22.8 Å². The lowest BCUT2D eigenvalue weighted by Crippen LogP contribution is -2.33. The number of nitriles is 1. The van der Waals surface area contributed by atoms with E-state index in [1.54, 1.807) is 12.1 Å². The highest BCUT2D eigenvalue weighted by Crippen LogP contribution is 2.35. The lowest BCUT2D eigenvalue weighted by atomic mass is 9.91. The molecule has 0 saturated carbocycles. The highest BCUT2D eigenvalue weighted by atomic mass is 15.1. The Hall–Kier alpha value is -3.71. The van der Waals surface area contributed by atoms with Gasteiger partial charge in [-0.05, 0) is 65.8 Å². The molecule has 3 rings (SSSR count). The molecule has 3 aromatic carbocycles. The number of hydrogen-bond donors (Lipinski definition) is 2. The molecule has 0 unspecified atom stereocenters. The minimum atomic E-state index is 0.254. The van der Waals surface area contributed by atoms with Crippen LogP contribution in [0.15, 0.2) is 66.7 Å². The Kier molecular flexibility index (Phi) is 6.90. The van der Waals surface area contributed by atoms with Crippen molar-refractivity contribution in [3.05, 3.63) is 100 Å². The zero-order chi connectivity index (χ0) is 23.4. The summed E-state index contributed by atoms with van der Waals surface area (Å²) in [7, 11) is 0. The molecule has 0 aromatic heterocycles. The number of para-hydroxylation sites is 1. The average Bonchev–Trinajstić information content (AvgIpc) is 2.79. The van der Waals surface area contributed by atoms with Crippen LogP contribution < -0.4 is 5.73 Å². The van der Waals surface area contributed by atoms with E-state index in [0.29, 0.717) is 17.0 Å². The molecule has 0 aliphatic carbocycles. The van der Waals surface area contributed by atoms with Crippen molar-refractivity contribution in [2.75, 3.05) is 0 Å². The van der Waals surface area contributed by atoms with E-state index in [1.807, 2.05) is 47.9 Å². The smallest absolute Gasteiger partial charge is 0.266 e. The lowest BCUT2D eigenvalue weighted by Gasteiger charge is -2.22. The van der Waals surface area contributed by atoms with Gasteiger partial charge >= 0.3 is 0 Å². The Balaban J connectivity index is 2.40. The minimum absolute atomic E-state index is 0.254. The topological polar surface area (TPSA) is 76.7 Å². The summed E-state index contributed by atoms with van der Waals surface area (Å²) in [6, 6.07) is 23.6. The molecule has 162 valence electrons. The quantitative estimate of drug-likeness (QED) is 0.292. The summed E-state index contributed by atoms with van der Waals surface area (Å²) in [5, 5.41) is 18.4. The van der Waals surface area contributed by atoms with Crippen molar-refractivity contribution in [1.29, 1.82) is 10.7 Å². The number of rotatable bonds is 5. The fraction of sp³-hybridized carbons (Fsp3) is 0.250. The zero-order valence-electron chi connectivity index (χ0n) is 19.5. The molecule has 0 heterocycles. The van der Waals surface area contributed by atoms with Gasteiger partial charge in [-0.1, -0.05) is 64.1 Å². The number of nitrogens with zero attached hydrogens (tertiary/aromatic N) is 2. The van der Waals surface area contributed by atoms with E-state index in [-0.39, 0.29) is 17.7 Å². The fourth-order valence-corrected chi connectivity index (χ4v) is 3.94. The molecule has 0 fully saturated rings. The molecule has 0 saturated heterocycles. The maximum Gasteiger partial charge on any atom is 0.266 e. The highest BCUT2D eigenvalue weighted by molar-refractivity contribution is 6.03. The monoisotopic (exact) mass is 423 g/mol. The van der Waals surface area contributed by atoms with Crippen LogP contribution in [0.5, 0.6) is 0 Å². The number of benzene rings is 3. The first-order valence-corrected chi connectivity index (χ1v) is 11.0. The van der Waals surface area contributed by atoms with Gasteiger partial charge in [0.25, 0.3) is 5.84 Å². The standard InChI is InChI=1S/C28H30N4/c1-18(2)23-11-8-12-24(19(3)4)26(23)32(28(31)25-10-7-6-9-20(25)5)27(30)22-15-13-21(17-29)14-16-22/h6-16,18-19,30-31H,1-5H3/p+1. The molecular weight excluding hydrogens is 392 g/mol. The van der Waals surface area contributed by atoms with E-state index in [9.17, 15) is 10.7 Å². The van der Waals surface area contributed by atoms with Gasteiger partial charge in [-0.25, -0.2) is 0 Å². The maximum absolute atomic E-state index is 9.22. The van der Waals surface area contributed by atoms with Crippen LogP contribution in [0.3, 0.4) is 0 Å². The predicted octanol–water partition coefficient (Wildman–Crippen LogP) is 6.19. The van der Waals surface area contributed by atoms with Gasteiger partial charge in [0.15, 0.2) is 0 Å². The third kappa shape index (κ3) is 4.48. The SMILES string of the molecule is Cc1ccccc1C(N)=[N+](C(=N)c1ccc(C#N)cc1)c1c(C(C)C)cccc1C(C)C. The van der Waals surface area contributed by atoms with Crippen LogP contribution in [0.4, 0.5) is 5.69 Å². The van der Waals surface area contributed by atoms with E-state index < -0.39 is 0 Å². The van der Waals surface area contributed by atoms with Gasteiger partial charge in [-0.3, -0.25) is 0 Å². The fourth-order valence-electron chi connectivity index (χ4n) is 3.94. The molecule has 0 aliphatic rings. The van der Waals surface area contributed by atoms with Crippen LogP contribution in [-0.4, -0.2) is 16.2 Å². The summed E-state index contributed by atoms with van der Waals surface area (Å²) in [6.07, 6.45) is 0. The second kappa shape index (κ2) is 9.62. The summed E-state index contributed by atoms with van der Waals surface area (Å²) in [5.41, 5.74) is 13.3. The Morgan fingerprint density at radius 3 is 1.94 bits per heavy atom. The molecule has 3 aromatic rings. The Morgan fingerprint density at radius 2 is 1.44 bits per heavy atom. The average molecular weight is 424 g/mol. The molecule has 32 heavy (non-hydrogen) atoms. The Bertz CT molecular complexity index is 1180. The molecular formula is C28H31N4+. The summed E-state index contributed by atoms with van der Waals surface area (Å²) >= 11 is 0. The van der Waals surface area contributed by atoms with Crippen LogP contribution in [-0.2, 0) is 0 Å². The Labute approximate surface area is 191 Å². The molecule has 0 aliphatic heterocycles. The summed E-state index contributed by atoms with van der Waals surface area (Å²) in [6.45, 7) is 10.7. The summed E-state index contributed by atoms with van der Waals surface area (Å²) in [5.74, 6) is 1.31. The lowest BCUT2D eigenvalue weighted by molar-refractivity contribution is -0.309. The largest absolute Gasteiger partial charge is 0.318 e. The number of hydrogen-bond acceptors (Lipinski definition) is 2. The number of nitrogens with one attached hydrogen (secondary N) is 1. The molecule has 0 bridgehead atoms. The van der Waals surface area contributed by atoms with E-state index >= 15 is 0 Å². The van der Waals surface area contributed by atoms with E-state index in [4.69, 9.17) is 5.73 Å². The molecule has 4 heteroatoms. The third-order valence-electron chi connectivity index (χ3n) is 5.74. The van der Waals surface area contributed by atoms with Gasteiger partial charge < -0.3 is 5.73 Å². The first-order chi connectivity index (χ1) is 15.3. The molecule has 3 N–H and O–H groups in total. The molecule has 0 spiro atoms. The van der Waals surface area contributed by atoms with Crippen molar-refractivity contribution in [2.45, 2.75) is 46.5 Å². The van der Waals surface area contributed by atoms with Crippen LogP contribution in [0.1, 0.15) is 72.9 Å². The normalized spacial score (nSPS) is 11.9. The Morgan fingerprint density at radius 1 is 0.875 bits per heavy atom. The van der Waals surface area contributed by atoms with Crippen LogP contribution >= 0.6 is 0 Å². The summed E-state index contributed by atoms with van der Waals surface area (Å²) < 4.78 is 1.88. The van der Waals surface area contributed by atoms with Crippen LogP contribution in [0.2, 0.25) is 0 Å². The van der Waals surface area contributed by atoms with E-state index in [0.717, 1.165) is 27.9 Å². The first-order valence-electron chi connectivity index (χ1n) is 11.0. The number of amidine groups is 2. The maximum atomic E-state index is 9.22. The first kappa shape index (κ1) is 23.0. The van der Waals surface area contributed by atoms with Gasteiger partial charge in [-0.15, -0.1) is 0 Å². The number of nitrogens with two attached hydrogens (primary N) is 1. The van der Waals surface area contributed by atoms with Gasteiger partial charge in [0.2, 0.25) is 5.84 Å². The molecule has 0 atom stereocenters. The zero-order valence-corrected chi connectivity index (χ0v) is 19.5.